The van der Waals surface area contributed by atoms with E-state index in [1.165, 1.54) is 25.7 Å². The second-order valence-corrected chi connectivity index (χ2v) is 5.23. The van der Waals surface area contributed by atoms with Gasteiger partial charge in [0.2, 0.25) is 0 Å². The average molecular weight is 222 g/mol. The third kappa shape index (κ3) is 2.61. The first-order chi connectivity index (χ1) is 7.66. The zero-order valence-electron chi connectivity index (χ0n) is 10.3. The lowest BCUT2D eigenvalue weighted by Gasteiger charge is -2.26. The summed E-state index contributed by atoms with van der Waals surface area (Å²) in [6.45, 7) is 4.34. The third-order valence-corrected chi connectivity index (χ3v) is 3.57. The van der Waals surface area contributed by atoms with Crippen molar-refractivity contribution in [2.75, 3.05) is 0 Å². The summed E-state index contributed by atoms with van der Waals surface area (Å²) < 4.78 is 2.18. The number of nitrogens with zero attached hydrogens (tertiary/aromatic N) is 3. The summed E-state index contributed by atoms with van der Waals surface area (Å²) in [5, 5.41) is 8.24. The van der Waals surface area contributed by atoms with Crippen LogP contribution in [0.3, 0.4) is 0 Å². The van der Waals surface area contributed by atoms with Crippen LogP contribution in [0.25, 0.3) is 0 Å². The molecule has 0 aromatic carbocycles. The van der Waals surface area contributed by atoms with Gasteiger partial charge in [0.05, 0.1) is 0 Å². The first-order valence-electron chi connectivity index (χ1n) is 6.30. The summed E-state index contributed by atoms with van der Waals surface area (Å²) in [7, 11) is 0. The minimum Gasteiger partial charge on any atom is -0.328 e. The van der Waals surface area contributed by atoms with Crippen LogP contribution in [0.5, 0.6) is 0 Å². The summed E-state index contributed by atoms with van der Waals surface area (Å²) in [6.07, 6.45) is 7.72. The Bertz CT molecular complexity index is 324. The Morgan fingerprint density at radius 1 is 1.38 bits per heavy atom. The highest BCUT2D eigenvalue weighted by Gasteiger charge is 2.21. The smallest absolute Gasteiger partial charge is 0.133 e. The van der Waals surface area contributed by atoms with E-state index < -0.39 is 0 Å². The summed E-state index contributed by atoms with van der Waals surface area (Å²) in [4.78, 5) is 0. The summed E-state index contributed by atoms with van der Waals surface area (Å²) in [6, 6.07) is 0.884. The highest BCUT2D eigenvalue weighted by atomic mass is 15.3. The third-order valence-electron chi connectivity index (χ3n) is 3.57. The van der Waals surface area contributed by atoms with Crippen molar-refractivity contribution < 1.29 is 0 Å². The number of rotatable bonds is 3. The molecule has 2 rings (SSSR count). The van der Waals surface area contributed by atoms with Crippen LogP contribution >= 0.6 is 0 Å². The molecule has 0 spiro atoms. The van der Waals surface area contributed by atoms with Gasteiger partial charge in [0.25, 0.3) is 0 Å². The molecular formula is C12H22N4. The van der Waals surface area contributed by atoms with Crippen LogP contribution < -0.4 is 5.73 Å². The van der Waals surface area contributed by atoms with Crippen molar-refractivity contribution in [3.8, 4) is 0 Å². The molecule has 1 aromatic rings. The molecule has 0 amide bonds. The average Bonchev–Trinajstić information content (AvgIpc) is 2.69. The van der Waals surface area contributed by atoms with Crippen molar-refractivity contribution in [2.45, 2.75) is 58.0 Å². The van der Waals surface area contributed by atoms with Gasteiger partial charge < -0.3 is 10.3 Å². The van der Waals surface area contributed by atoms with Crippen LogP contribution in [0.1, 0.15) is 51.4 Å². The quantitative estimate of drug-likeness (QED) is 0.850. The highest BCUT2D eigenvalue weighted by molar-refractivity contribution is 4.91. The Hall–Kier alpha value is -0.900. The van der Waals surface area contributed by atoms with Crippen molar-refractivity contribution in [1.29, 1.82) is 0 Å². The van der Waals surface area contributed by atoms with Crippen LogP contribution in [0.4, 0.5) is 0 Å². The van der Waals surface area contributed by atoms with Crippen LogP contribution in [-0.4, -0.2) is 20.8 Å². The van der Waals surface area contributed by atoms with Crippen molar-refractivity contribution in [1.82, 2.24) is 14.8 Å². The van der Waals surface area contributed by atoms with Crippen LogP contribution in [0.2, 0.25) is 0 Å². The molecule has 1 aliphatic carbocycles. The van der Waals surface area contributed by atoms with Crippen LogP contribution in [0, 0.1) is 5.92 Å². The predicted octanol–water partition coefficient (Wildman–Crippen LogP) is 1.92. The lowest BCUT2D eigenvalue weighted by atomic mass is 9.84. The van der Waals surface area contributed by atoms with E-state index in [-0.39, 0.29) is 0 Å². The maximum absolute atomic E-state index is 5.92. The van der Waals surface area contributed by atoms with Crippen molar-refractivity contribution in [2.24, 2.45) is 11.7 Å². The molecule has 0 aliphatic heterocycles. The highest BCUT2D eigenvalue weighted by Crippen LogP contribution is 2.26. The van der Waals surface area contributed by atoms with Gasteiger partial charge in [-0.3, -0.25) is 0 Å². The number of hydrogen-bond acceptors (Lipinski definition) is 3. The summed E-state index contributed by atoms with van der Waals surface area (Å²) in [5.41, 5.74) is 5.92. The molecule has 4 nitrogen and oxygen atoms in total. The molecule has 1 heterocycles. The molecule has 2 N–H and O–H groups in total. The molecule has 0 unspecified atom stereocenters. The molecule has 4 heteroatoms. The van der Waals surface area contributed by atoms with Gasteiger partial charge in [-0.2, -0.15) is 0 Å². The normalized spacial score (nSPS) is 26.2. The number of hydrogen-bond donors (Lipinski definition) is 1. The maximum atomic E-state index is 5.92. The summed E-state index contributed by atoms with van der Waals surface area (Å²) in [5.74, 6) is 1.89. The van der Waals surface area contributed by atoms with E-state index in [2.05, 4.69) is 28.6 Å². The van der Waals surface area contributed by atoms with E-state index in [4.69, 9.17) is 5.73 Å². The Balaban J connectivity index is 1.96. The van der Waals surface area contributed by atoms with Crippen LogP contribution in [0.15, 0.2) is 6.33 Å². The van der Waals surface area contributed by atoms with E-state index in [0.29, 0.717) is 12.1 Å². The molecule has 0 saturated heterocycles. The molecule has 1 fully saturated rings. The molecular weight excluding hydrogens is 200 g/mol. The Morgan fingerprint density at radius 2 is 2.06 bits per heavy atom. The van der Waals surface area contributed by atoms with Crippen molar-refractivity contribution in [3.63, 3.8) is 0 Å². The molecule has 1 aromatic heterocycles. The molecule has 0 atom stereocenters. The maximum Gasteiger partial charge on any atom is 0.133 e. The molecule has 1 aliphatic rings. The van der Waals surface area contributed by atoms with Gasteiger partial charge in [-0.15, -0.1) is 10.2 Å². The van der Waals surface area contributed by atoms with E-state index >= 15 is 0 Å². The van der Waals surface area contributed by atoms with Gasteiger partial charge in [0.1, 0.15) is 12.2 Å². The molecule has 90 valence electrons. The fourth-order valence-electron chi connectivity index (χ4n) is 2.49. The first kappa shape index (κ1) is 11.6. The second-order valence-electron chi connectivity index (χ2n) is 5.23. The molecule has 1 saturated carbocycles. The number of aromatic nitrogens is 3. The topological polar surface area (TPSA) is 56.7 Å². The van der Waals surface area contributed by atoms with Gasteiger partial charge in [0.15, 0.2) is 0 Å². The Morgan fingerprint density at radius 3 is 2.69 bits per heavy atom. The fourth-order valence-corrected chi connectivity index (χ4v) is 2.49. The minimum atomic E-state index is 0.430. The van der Waals surface area contributed by atoms with Gasteiger partial charge in [-0.25, -0.2) is 0 Å². The monoisotopic (exact) mass is 222 g/mol. The second kappa shape index (κ2) is 4.95. The van der Waals surface area contributed by atoms with Crippen LogP contribution in [-0.2, 0) is 6.42 Å². The van der Waals surface area contributed by atoms with Gasteiger partial charge >= 0.3 is 0 Å². The zero-order valence-corrected chi connectivity index (χ0v) is 10.3. The first-order valence-corrected chi connectivity index (χ1v) is 6.30. The lowest BCUT2D eigenvalue weighted by molar-refractivity contribution is 0.316. The van der Waals surface area contributed by atoms with E-state index in [1.807, 2.05) is 6.33 Å². The lowest BCUT2D eigenvalue weighted by Crippen LogP contribution is -2.27. The Labute approximate surface area is 97.2 Å². The van der Waals surface area contributed by atoms with E-state index in [0.717, 1.165) is 18.2 Å². The van der Waals surface area contributed by atoms with Crippen molar-refractivity contribution >= 4 is 0 Å². The summed E-state index contributed by atoms with van der Waals surface area (Å²) >= 11 is 0. The molecule has 16 heavy (non-hydrogen) atoms. The Kier molecular flexibility index (Phi) is 3.59. The predicted molar refractivity (Wildman–Crippen MR) is 64.0 cm³/mol. The van der Waals surface area contributed by atoms with Crippen molar-refractivity contribution in [3.05, 3.63) is 12.2 Å². The largest absolute Gasteiger partial charge is 0.328 e. The number of nitrogens with two attached hydrogens (primary N) is 1. The fraction of sp³-hybridized carbons (Fsp3) is 0.833. The molecule has 0 bridgehead atoms. The van der Waals surface area contributed by atoms with Gasteiger partial charge in [-0.05, 0) is 45.4 Å². The SMILES string of the molecule is CC(C)n1cnnc1CC1CCC(N)CC1. The van der Waals surface area contributed by atoms with E-state index in [1.54, 1.807) is 0 Å². The van der Waals surface area contributed by atoms with E-state index in [9.17, 15) is 0 Å². The zero-order chi connectivity index (χ0) is 11.5. The standard InChI is InChI=1S/C12H22N4/c1-9(2)16-8-14-15-12(16)7-10-3-5-11(13)6-4-10/h8-11H,3-7,13H2,1-2H3. The van der Waals surface area contributed by atoms with Gasteiger partial charge in [-0.1, -0.05) is 0 Å². The minimum absolute atomic E-state index is 0.430. The molecule has 0 radical (unpaired) electrons. The van der Waals surface area contributed by atoms with Gasteiger partial charge in [0, 0.05) is 18.5 Å².